The van der Waals surface area contributed by atoms with Crippen LogP contribution in [-0.2, 0) is 6.42 Å². The average molecular weight is 528 g/mol. The van der Waals surface area contributed by atoms with Gasteiger partial charge >= 0.3 is 0 Å². The van der Waals surface area contributed by atoms with E-state index in [9.17, 15) is 15.0 Å². The second-order valence-corrected chi connectivity index (χ2v) is 10.6. The summed E-state index contributed by atoms with van der Waals surface area (Å²) in [6.45, 7) is 2.64. The lowest BCUT2D eigenvalue weighted by Crippen LogP contribution is -2.29. The van der Waals surface area contributed by atoms with Gasteiger partial charge in [-0.2, -0.15) is 0 Å². The Bertz CT molecular complexity index is 1710. The van der Waals surface area contributed by atoms with Crippen LogP contribution in [0.25, 0.3) is 21.8 Å². The van der Waals surface area contributed by atoms with Gasteiger partial charge in [-0.25, -0.2) is 4.98 Å². The molecule has 2 aromatic carbocycles. The Kier molecular flexibility index (Phi) is 5.50. The first-order valence-electron chi connectivity index (χ1n) is 12.6. The van der Waals surface area contributed by atoms with E-state index in [2.05, 4.69) is 30.1 Å². The summed E-state index contributed by atoms with van der Waals surface area (Å²) >= 11 is 1.54. The molecule has 3 aromatic heterocycles. The number of fused-ring (bicyclic) bond motifs is 4. The number of nitrogens with one attached hydrogen (secondary N) is 2. The van der Waals surface area contributed by atoms with Gasteiger partial charge < -0.3 is 30.0 Å². The van der Waals surface area contributed by atoms with Crippen LogP contribution in [0, 0.1) is 0 Å². The molecule has 0 unspecified atom stereocenters. The van der Waals surface area contributed by atoms with E-state index in [4.69, 9.17) is 0 Å². The van der Waals surface area contributed by atoms with Crippen LogP contribution >= 0.6 is 11.3 Å². The van der Waals surface area contributed by atoms with Crippen LogP contribution in [0.4, 0.5) is 21.5 Å². The van der Waals surface area contributed by atoms with Crippen molar-refractivity contribution in [3.8, 4) is 0 Å². The van der Waals surface area contributed by atoms with Gasteiger partial charge in [0.05, 0.1) is 17.6 Å². The molecule has 7 rings (SSSR count). The molecule has 4 N–H and O–H groups in total. The average Bonchev–Trinajstić information content (AvgIpc) is 3.74. The van der Waals surface area contributed by atoms with Crippen molar-refractivity contribution in [1.29, 1.82) is 0 Å². The highest BCUT2D eigenvalue weighted by Gasteiger charge is 2.28. The number of carbonyl (C=O) groups is 1. The summed E-state index contributed by atoms with van der Waals surface area (Å²) in [5.41, 5.74) is 5.07. The lowest BCUT2D eigenvalue weighted by Gasteiger charge is -2.16. The largest absolute Gasteiger partial charge is 0.363 e. The van der Waals surface area contributed by atoms with Gasteiger partial charge in [0.2, 0.25) is 0 Å². The molecule has 0 bridgehead atoms. The van der Waals surface area contributed by atoms with Crippen molar-refractivity contribution in [2.24, 2.45) is 10.2 Å². The molecule has 0 aliphatic carbocycles. The Balaban J connectivity index is 1.12. The number of carbonyl (C=O) groups excluding carboxylic acids is 1. The Morgan fingerprint density at radius 3 is 2.68 bits per heavy atom. The van der Waals surface area contributed by atoms with Gasteiger partial charge in [-0.15, -0.1) is 10.2 Å². The van der Waals surface area contributed by atoms with Gasteiger partial charge in [0.25, 0.3) is 5.91 Å². The van der Waals surface area contributed by atoms with Crippen LogP contribution < -0.4 is 9.80 Å². The van der Waals surface area contributed by atoms with Gasteiger partial charge in [-0.3, -0.25) is 4.79 Å². The molecule has 0 saturated carbocycles. The zero-order chi connectivity index (χ0) is 25.8. The number of nitrogens with zero attached hydrogens (tertiary/aromatic N) is 5. The van der Waals surface area contributed by atoms with Gasteiger partial charge in [-0.05, 0) is 67.3 Å². The third kappa shape index (κ3) is 3.95. The lowest BCUT2D eigenvalue weighted by atomic mass is 10.1. The van der Waals surface area contributed by atoms with Gasteiger partial charge in [0.1, 0.15) is 5.69 Å². The molecule has 1 amide bonds. The number of aromatic amines is 2. The van der Waals surface area contributed by atoms with Crippen molar-refractivity contribution in [3.05, 3.63) is 65.6 Å². The Morgan fingerprint density at radius 2 is 1.84 bits per heavy atom. The number of aliphatic hydroxyl groups is 2. The van der Waals surface area contributed by atoms with Gasteiger partial charge in [0.15, 0.2) is 16.4 Å². The van der Waals surface area contributed by atoms with Crippen LogP contribution in [-0.4, -0.2) is 50.7 Å². The molecule has 5 heterocycles. The van der Waals surface area contributed by atoms with E-state index in [1.165, 1.54) is 12.8 Å². The third-order valence-corrected chi connectivity index (χ3v) is 8.21. The van der Waals surface area contributed by atoms with Crippen molar-refractivity contribution in [2.75, 3.05) is 29.4 Å². The molecule has 38 heavy (non-hydrogen) atoms. The normalized spacial score (nSPS) is 15.7. The number of hydrogen-bond donors (Lipinski definition) is 4. The summed E-state index contributed by atoms with van der Waals surface area (Å²) < 4.78 is 0. The number of azo groups is 1. The smallest absolute Gasteiger partial charge is 0.274 e. The number of aromatic nitrogens is 3. The second-order valence-electron chi connectivity index (χ2n) is 9.66. The molecule has 2 aliphatic heterocycles. The van der Waals surface area contributed by atoms with E-state index in [0.29, 0.717) is 30.0 Å². The summed E-state index contributed by atoms with van der Waals surface area (Å²) in [6.07, 6.45) is 3.29. The van der Waals surface area contributed by atoms with Crippen LogP contribution in [0.2, 0.25) is 0 Å². The summed E-state index contributed by atoms with van der Waals surface area (Å²) in [7, 11) is 0. The molecule has 11 heteroatoms. The molecular formula is C27H25N7O3S. The third-order valence-electron chi connectivity index (χ3n) is 7.27. The molecule has 0 spiro atoms. The van der Waals surface area contributed by atoms with Crippen LogP contribution in [0.15, 0.2) is 58.9 Å². The minimum Gasteiger partial charge on any atom is -0.363 e. The highest BCUT2D eigenvalue weighted by atomic mass is 32.1. The topological polar surface area (TPSA) is 133 Å². The summed E-state index contributed by atoms with van der Waals surface area (Å²) in [5.74, 6) is -0.112. The number of anilines is 2. The fourth-order valence-electron chi connectivity index (χ4n) is 5.39. The molecule has 0 atom stereocenters. The zero-order valence-electron chi connectivity index (χ0n) is 20.4. The maximum absolute atomic E-state index is 13.5. The first kappa shape index (κ1) is 23.1. The minimum atomic E-state index is -1.57. The van der Waals surface area contributed by atoms with Gasteiger partial charge in [0, 0.05) is 47.1 Å². The number of aliphatic hydroxyl groups excluding tert-OH is 1. The van der Waals surface area contributed by atoms with Crippen LogP contribution in [0.1, 0.15) is 40.9 Å². The van der Waals surface area contributed by atoms with E-state index in [1.54, 1.807) is 28.5 Å². The molecular weight excluding hydrogens is 502 g/mol. The Labute approximate surface area is 221 Å². The molecule has 2 aliphatic rings. The highest BCUT2D eigenvalue weighted by Crippen LogP contribution is 2.37. The predicted octanol–water partition coefficient (Wildman–Crippen LogP) is 5.31. The monoisotopic (exact) mass is 527 g/mol. The molecule has 5 aromatic rings. The maximum atomic E-state index is 13.5. The van der Waals surface area contributed by atoms with Crippen molar-refractivity contribution in [2.45, 2.75) is 25.6 Å². The van der Waals surface area contributed by atoms with Crippen molar-refractivity contribution in [1.82, 2.24) is 15.0 Å². The summed E-state index contributed by atoms with van der Waals surface area (Å²) in [4.78, 5) is 28.3. The SMILES string of the molecule is O=C(c1cc2cc(N=Nc3cnc(N4CCCC4)s3)ccc2[nH]1)N1CCc2c1ccc1[nH]c(C(O)O)cc21. The lowest BCUT2D eigenvalue weighted by molar-refractivity contribution is -0.0453. The molecule has 10 nitrogen and oxygen atoms in total. The maximum Gasteiger partial charge on any atom is 0.274 e. The molecule has 1 fully saturated rings. The summed E-state index contributed by atoms with van der Waals surface area (Å²) in [6, 6.07) is 13.1. The van der Waals surface area contributed by atoms with Crippen molar-refractivity contribution >= 4 is 60.6 Å². The van der Waals surface area contributed by atoms with Crippen molar-refractivity contribution < 1.29 is 15.0 Å². The number of H-pyrrole nitrogens is 2. The zero-order valence-corrected chi connectivity index (χ0v) is 21.2. The standard InChI is InChI=1S/C27H25N7O3S/c35-25(34-10-7-17-18-13-22(26(36)37)30-20(18)5-6-23(17)34)21-12-15-11-16(3-4-19(15)29-21)31-32-24-14-28-27(38-24)33-8-1-2-9-33/h3-6,11-14,26,29-30,36-37H,1-2,7-10H2. The number of hydrogen-bond acceptors (Lipinski definition) is 8. The molecule has 1 saturated heterocycles. The summed E-state index contributed by atoms with van der Waals surface area (Å²) in [5, 5.41) is 31.4. The Morgan fingerprint density at radius 1 is 1.00 bits per heavy atom. The van der Waals surface area contributed by atoms with E-state index in [0.717, 1.165) is 56.3 Å². The quantitative estimate of drug-likeness (QED) is 0.182. The predicted molar refractivity (Wildman–Crippen MR) is 147 cm³/mol. The van der Waals surface area contributed by atoms with Crippen LogP contribution in [0.3, 0.4) is 0 Å². The number of rotatable bonds is 5. The number of thiazole rings is 1. The molecule has 0 radical (unpaired) electrons. The molecule has 192 valence electrons. The number of benzene rings is 2. The van der Waals surface area contributed by atoms with E-state index in [-0.39, 0.29) is 5.91 Å². The van der Waals surface area contributed by atoms with Crippen LogP contribution in [0.5, 0.6) is 0 Å². The fraction of sp³-hybridized carbons (Fsp3) is 0.259. The highest BCUT2D eigenvalue weighted by molar-refractivity contribution is 7.19. The number of amides is 1. The van der Waals surface area contributed by atoms with E-state index in [1.807, 2.05) is 36.4 Å². The van der Waals surface area contributed by atoms with E-state index >= 15 is 0 Å². The first-order chi connectivity index (χ1) is 18.5. The van der Waals surface area contributed by atoms with Crippen molar-refractivity contribution in [3.63, 3.8) is 0 Å². The fourth-order valence-corrected chi connectivity index (χ4v) is 6.18. The Hall–Kier alpha value is -4.06. The van der Waals surface area contributed by atoms with E-state index < -0.39 is 6.29 Å². The second kappa shape index (κ2) is 9.05. The first-order valence-corrected chi connectivity index (χ1v) is 13.4. The van der Waals surface area contributed by atoms with Gasteiger partial charge in [-0.1, -0.05) is 11.3 Å². The minimum absolute atomic E-state index is 0.112.